The maximum Gasteiger partial charge on any atom is 0.318 e. The molecule has 0 saturated carbocycles. The lowest BCUT2D eigenvalue weighted by molar-refractivity contribution is 0.182. The Balaban J connectivity index is 2.05. The van der Waals surface area contributed by atoms with Gasteiger partial charge in [0.2, 0.25) is 0 Å². The summed E-state index contributed by atoms with van der Waals surface area (Å²) < 4.78 is 5.30. The number of amides is 2. The van der Waals surface area contributed by atoms with E-state index < -0.39 is 0 Å². The van der Waals surface area contributed by atoms with E-state index in [1.54, 1.807) is 36.5 Å². The number of urea groups is 1. The van der Waals surface area contributed by atoms with Gasteiger partial charge >= 0.3 is 6.03 Å². The normalized spacial score (nSPS) is 11.7. The molecular formula is C18H22ClN3O2. The average molecular weight is 348 g/mol. The Morgan fingerprint density at radius 2 is 2.21 bits per heavy atom. The van der Waals surface area contributed by atoms with Crippen LogP contribution in [0.4, 0.5) is 4.79 Å². The van der Waals surface area contributed by atoms with Crippen LogP contribution in [0, 0.1) is 0 Å². The third kappa shape index (κ3) is 4.38. The molecule has 0 radical (unpaired) electrons. The lowest BCUT2D eigenvalue weighted by Crippen LogP contribution is -2.41. The highest BCUT2D eigenvalue weighted by Crippen LogP contribution is 2.23. The number of nitrogens with one attached hydrogen (secondary N) is 1. The van der Waals surface area contributed by atoms with Gasteiger partial charge < -0.3 is 15.0 Å². The number of pyridine rings is 1. The van der Waals surface area contributed by atoms with Crippen LogP contribution in [-0.2, 0) is 6.54 Å². The van der Waals surface area contributed by atoms with Crippen molar-refractivity contribution in [3.63, 3.8) is 0 Å². The van der Waals surface area contributed by atoms with Gasteiger partial charge in [-0.1, -0.05) is 23.7 Å². The summed E-state index contributed by atoms with van der Waals surface area (Å²) in [6, 6.07) is 9.01. The van der Waals surface area contributed by atoms with Gasteiger partial charge in [-0.2, -0.15) is 0 Å². The van der Waals surface area contributed by atoms with Crippen molar-refractivity contribution in [3.05, 3.63) is 58.9 Å². The molecule has 6 heteroatoms. The second-order valence-corrected chi connectivity index (χ2v) is 5.80. The van der Waals surface area contributed by atoms with Crippen molar-refractivity contribution in [2.24, 2.45) is 0 Å². The molecule has 5 nitrogen and oxygen atoms in total. The van der Waals surface area contributed by atoms with E-state index in [0.717, 1.165) is 11.1 Å². The van der Waals surface area contributed by atoms with Gasteiger partial charge in [-0.25, -0.2) is 4.79 Å². The Bertz CT molecular complexity index is 679. The molecule has 1 aromatic heterocycles. The number of benzene rings is 1. The number of rotatable bonds is 6. The maximum absolute atomic E-state index is 12.6. The fraction of sp³-hybridized carbons (Fsp3) is 0.333. The Labute approximate surface area is 147 Å². The fourth-order valence-electron chi connectivity index (χ4n) is 2.53. The van der Waals surface area contributed by atoms with E-state index in [-0.39, 0.29) is 12.1 Å². The number of carbonyl (C=O) groups is 1. The van der Waals surface area contributed by atoms with Crippen molar-refractivity contribution >= 4 is 17.6 Å². The summed E-state index contributed by atoms with van der Waals surface area (Å²) in [5.41, 5.74) is 1.87. The highest BCUT2D eigenvalue weighted by Gasteiger charge is 2.20. The Kier molecular flexibility index (Phi) is 6.44. The Morgan fingerprint density at radius 3 is 2.83 bits per heavy atom. The number of nitrogens with zero attached hydrogens (tertiary/aromatic N) is 2. The van der Waals surface area contributed by atoms with Gasteiger partial charge in [0, 0.05) is 36.1 Å². The zero-order chi connectivity index (χ0) is 17.5. The van der Waals surface area contributed by atoms with Gasteiger partial charge in [-0.3, -0.25) is 4.98 Å². The molecular weight excluding hydrogens is 326 g/mol. The molecule has 0 fully saturated rings. The molecule has 0 bridgehead atoms. The first-order valence-corrected chi connectivity index (χ1v) is 8.21. The third-order valence-electron chi connectivity index (χ3n) is 3.92. The third-order valence-corrected chi connectivity index (χ3v) is 4.15. The second-order valence-electron chi connectivity index (χ2n) is 5.36. The molecule has 1 aromatic carbocycles. The SMILES string of the molecule is CCN(C(=O)NCc1ccc(Cl)cc1OC)[C@@H](C)c1cccnc1. The van der Waals surface area contributed by atoms with Gasteiger partial charge in [0.25, 0.3) is 0 Å². The monoisotopic (exact) mass is 347 g/mol. The number of carbonyl (C=O) groups excluding carboxylic acids is 1. The van der Waals surface area contributed by atoms with Gasteiger partial charge in [0.1, 0.15) is 5.75 Å². The van der Waals surface area contributed by atoms with Crippen LogP contribution in [0.5, 0.6) is 5.75 Å². The Hall–Kier alpha value is -2.27. The smallest absolute Gasteiger partial charge is 0.318 e. The van der Waals surface area contributed by atoms with Crippen LogP contribution in [0.25, 0.3) is 0 Å². The summed E-state index contributed by atoms with van der Waals surface area (Å²) in [6.45, 7) is 4.91. The molecule has 1 N–H and O–H groups in total. The minimum Gasteiger partial charge on any atom is -0.496 e. The van der Waals surface area contributed by atoms with Gasteiger partial charge in [0.05, 0.1) is 13.2 Å². The topological polar surface area (TPSA) is 54.5 Å². The zero-order valence-corrected chi connectivity index (χ0v) is 14.9. The highest BCUT2D eigenvalue weighted by atomic mass is 35.5. The summed E-state index contributed by atoms with van der Waals surface area (Å²) in [7, 11) is 1.58. The molecule has 0 aliphatic rings. The van der Waals surface area contributed by atoms with Crippen LogP contribution in [0.1, 0.15) is 31.0 Å². The van der Waals surface area contributed by atoms with Crippen LogP contribution in [-0.4, -0.2) is 29.6 Å². The summed E-state index contributed by atoms with van der Waals surface area (Å²) in [5.74, 6) is 0.658. The van der Waals surface area contributed by atoms with Crippen molar-refractivity contribution in [1.29, 1.82) is 0 Å². The largest absolute Gasteiger partial charge is 0.496 e. The van der Waals surface area contributed by atoms with Crippen molar-refractivity contribution in [2.45, 2.75) is 26.4 Å². The first kappa shape index (κ1) is 18.1. The van der Waals surface area contributed by atoms with E-state index in [1.807, 2.05) is 32.0 Å². The van der Waals surface area contributed by atoms with Crippen molar-refractivity contribution in [3.8, 4) is 5.75 Å². The minimum atomic E-state index is -0.133. The van der Waals surface area contributed by atoms with Crippen LogP contribution in [0.15, 0.2) is 42.7 Å². The van der Waals surface area contributed by atoms with E-state index in [2.05, 4.69) is 10.3 Å². The van der Waals surface area contributed by atoms with E-state index in [1.165, 1.54) is 0 Å². The first-order valence-electron chi connectivity index (χ1n) is 7.83. The van der Waals surface area contributed by atoms with Crippen LogP contribution in [0.2, 0.25) is 5.02 Å². The lowest BCUT2D eigenvalue weighted by Gasteiger charge is -2.28. The summed E-state index contributed by atoms with van der Waals surface area (Å²) >= 11 is 5.96. The first-order chi connectivity index (χ1) is 11.6. The van der Waals surface area contributed by atoms with Crippen LogP contribution in [0.3, 0.4) is 0 Å². The highest BCUT2D eigenvalue weighted by molar-refractivity contribution is 6.30. The number of hydrogen-bond donors (Lipinski definition) is 1. The zero-order valence-electron chi connectivity index (χ0n) is 14.1. The average Bonchev–Trinajstić information content (AvgIpc) is 2.61. The molecule has 128 valence electrons. The quantitative estimate of drug-likeness (QED) is 0.858. The van der Waals surface area contributed by atoms with E-state index >= 15 is 0 Å². The van der Waals surface area contributed by atoms with Crippen molar-refractivity contribution in [1.82, 2.24) is 15.2 Å². The van der Waals surface area contributed by atoms with Crippen LogP contribution < -0.4 is 10.1 Å². The van der Waals surface area contributed by atoms with Crippen molar-refractivity contribution in [2.75, 3.05) is 13.7 Å². The lowest BCUT2D eigenvalue weighted by atomic mass is 10.1. The molecule has 2 aromatic rings. The molecule has 0 saturated heterocycles. The predicted octanol–water partition coefficient (Wildman–Crippen LogP) is 4.04. The number of methoxy groups -OCH3 is 1. The van der Waals surface area contributed by atoms with Gasteiger partial charge in [0.15, 0.2) is 0 Å². The number of halogens is 1. The summed E-state index contributed by atoms with van der Waals surface area (Å²) in [4.78, 5) is 18.4. The summed E-state index contributed by atoms with van der Waals surface area (Å²) in [5, 5.41) is 3.54. The number of aromatic nitrogens is 1. The molecule has 1 atom stereocenters. The molecule has 1 heterocycles. The molecule has 24 heavy (non-hydrogen) atoms. The predicted molar refractivity (Wildman–Crippen MR) is 95.3 cm³/mol. The number of ether oxygens (including phenoxy) is 1. The molecule has 2 rings (SSSR count). The second kappa shape index (κ2) is 8.55. The number of hydrogen-bond acceptors (Lipinski definition) is 3. The van der Waals surface area contributed by atoms with Gasteiger partial charge in [-0.05, 0) is 37.6 Å². The standard InChI is InChI=1S/C18H22ClN3O2/c1-4-22(13(2)14-6-5-9-20-11-14)18(23)21-12-15-7-8-16(19)10-17(15)24-3/h5-11,13H,4,12H2,1-3H3,(H,21,23)/t13-/m0/s1. The summed E-state index contributed by atoms with van der Waals surface area (Å²) in [6.07, 6.45) is 3.50. The van der Waals surface area contributed by atoms with Crippen molar-refractivity contribution < 1.29 is 9.53 Å². The Morgan fingerprint density at radius 1 is 1.42 bits per heavy atom. The molecule has 0 aliphatic heterocycles. The molecule has 0 aliphatic carbocycles. The minimum absolute atomic E-state index is 0.0594. The van der Waals surface area contributed by atoms with Crippen LogP contribution >= 0.6 is 11.6 Å². The van der Waals surface area contributed by atoms with E-state index in [4.69, 9.17) is 16.3 Å². The molecule has 2 amide bonds. The molecule has 0 unspecified atom stereocenters. The maximum atomic E-state index is 12.6. The van der Waals surface area contributed by atoms with E-state index in [9.17, 15) is 4.79 Å². The van der Waals surface area contributed by atoms with Gasteiger partial charge in [-0.15, -0.1) is 0 Å². The molecule has 0 spiro atoms. The van der Waals surface area contributed by atoms with E-state index in [0.29, 0.717) is 23.9 Å². The fourth-order valence-corrected chi connectivity index (χ4v) is 2.70.